The monoisotopic (exact) mass is 514 g/mol. The van der Waals surface area contributed by atoms with Gasteiger partial charge in [-0.1, -0.05) is 67.9 Å². The Morgan fingerprint density at radius 2 is 1.68 bits per heavy atom. The quantitative estimate of drug-likeness (QED) is 0.409. The standard InChI is InChI=1S/C32H34O6/c1-5-6-15-24-28(35-2)22-18-12-17-21(22)26(30(33)36-3)27(31(34)37-4)32(20-13-8-7-9-14-20)25-19-11-10-16-23(25)29(24)38-32/h7-11,13-14,16,19,21H,5-6,12,15,17-18H2,1-4H3/b27-26+,28-22+,29-24-/t21-,32-/m0/s1. The van der Waals surface area contributed by atoms with Crippen molar-refractivity contribution in [1.82, 2.24) is 0 Å². The highest BCUT2D eigenvalue weighted by Crippen LogP contribution is 2.57. The van der Waals surface area contributed by atoms with E-state index in [1.54, 1.807) is 7.11 Å². The SMILES string of the molecule is CCCCC1=C2/O[C@](c3ccccc3)(/C(C(=O)OC)=C(/C(=O)OC)[C@H]3CCC\C3=C\1OC)c1ccccc12. The number of allylic oxidation sites excluding steroid dienone is 2. The first-order valence-electron chi connectivity index (χ1n) is 13.3. The minimum Gasteiger partial charge on any atom is -0.496 e. The number of ether oxygens (including phenoxy) is 4. The van der Waals surface area contributed by atoms with Crippen molar-refractivity contribution >= 4 is 17.7 Å². The summed E-state index contributed by atoms with van der Waals surface area (Å²) in [5, 5.41) is 0. The summed E-state index contributed by atoms with van der Waals surface area (Å²) in [6, 6.07) is 17.5. The van der Waals surface area contributed by atoms with Gasteiger partial charge in [-0.2, -0.15) is 0 Å². The lowest BCUT2D eigenvalue weighted by Crippen LogP contribution is -2.37. The van der Waals surface area contributed by atoms with Crippen LogP contribution < -0.4 is 0 Å². The molecular formula is C32H34O6. The molecule has 6 nitrogen and oxygen atoms in total. The molecule has 0 spiro atoms. The Morgan fingerprint density at radius 3 is 2.37 bits per heavy atom. The largest absolute Gasteiger partial charge is 0.496 e. The summed E-state index contributed by atoms with van der Waals surface area (Å²) in [5.41, 5.74) is 3.41. The Balaban J connectivity index is 2.02. The lowest BCUT2D eigenvalue weighted by molar-refractivity contribution is -0.141. The van der Waals surface area contributed by atoms with Gasteiger partial charge in [0.2, 0.25) is 0 Å². The normalized spacial score (nSPS) is 27.8. The molecule has 0 unspecified atom stereocenters. The smallest absolute Gasteiger partial charge is 0.339 e. The molecule has 1 saturated carbocycles. The van der Waals surface area contributed by atoms with Crippen LogP contribution in [-0.2, 0) is 34.1 Å². The van der Waals surface area contributed by atoms with Crippen LogP contribution in [0.4, 0.5) is 0 Å². The molecule has 2 aromatic carbocycles. The van der Waals surface area contributed by atoms with Crippen LogP contribution in [0, 0.1) is 5.92 Å². The molecule has 0 N–H and O–H groups in total. The van der Waals surface area contributed by atoms with Gasteiger partial charge >= 0.3 is 11.9 Å². The molecule has 2 heterocycles. The zero-order valence-corrected chi connectivity index (χ0v) is 22.5. The van der Waals surface area contributed by atoms with Gasteiger partial charge in [-0.25, -0.2) is 9.59 Å². The molecule has 0 aromatic heterocycles. The second-order valence-electron chi connectivity index (χ2n) is 9.88. The zero-order valence-electron chi connectivity index (χ0n) is 22.5. The highest BCUT2D eigenvalue weighted by molar-refractivity contribution is 6.04. The van der Waals surface area contributed by atoms with Crippen molar-refractivity contribution in [1.29, 1.82) is 0 Å². The number of hydrogen-bond donors (Lipinski definition) is 0. The van der Waals surface area contributed by atoms with E-state index in [0.29, 0.717) is 12.2 Å². The maximum atomic E-state index is 13.9. The molecule has 5 rings (SSSR count). The molecule has 0 saturated heterocycles. The van der Waals surface area contributed by atoms with Gasteiger partial charge in [0.1, 0.15) is 17.1 Å². The number of carbonyl (C=O) groups excluding carboxylic acids is 2. The molecule has 3 aliphatic rings. The van der Waals surface area contributed by atoms with Crippen molar-refractivity contribution in [2.24, 2.45) is 5.92 Å². The first-order chi connectivity index (χ1) is 18.5. The fraction of sp³-hybridized carbons (Fsp3) is 0.375. The summed E-state index contributed by atoms with van der Waals surface area (Å²) in [7, 11) is 4.36. The minimum atomic E-state index is -1.40. The van der Waals surface area contributed by atoms with Crippen molar-refractivity contribution in [2.75, 3.05) is 21.3 Å². The van der Waals surface area contributed by atoms with Crippen LogP contribution in [0.15, 0.2) is 82.6 Å². The molecule has 2 aliphatic heterocycles. The fourth-order valence-corrected chi connectivity index (χ4v) is 6.33. The average Bonchev–Trinajstić information content (AvgIpc) is 3.57. The van der Waals surface area contributed by atoms with Crippen LogP contribution in [0.1, 0.15) is 62.1 Å². The van der Waals surface area contributed by atoms with Gasteiger partial charge in [-0.15, -0.1) is 0 Å². The summed E-state index contributed by atoms with van der Waals surface area (Å²) >= 11 is 0. The molecule has 6 heteroatoms. The van der Waals surface area contributed by atoms with Crippen LogP contribution in [-0.4, -0.2) is 33.3 Å². The van der Waals surface area contributed by atoms with E-state index in [1.807, 2.05) is 54.6 Å². The highest BCUT2D eigenvalue weighted by Gasteiger charge is 2.56. The Labute approximate surface area is 223 Å². The molecule has 38 heavy (non-hydrogen) atoms. The van der Waals surface area contributed by atoms with Gasteiger partial charge in [0.15, 0.2) is 5.60 Å². The Morgan fingerprint density at radius 1 is 0.974 bits per heavy atom. The first-order valence-corrected chi connectivity index (χ1v) is 13.3. The number of unbranched alkanes of at least 4 members (excludes halogenated alkanes) is 1. The Bertz CT molecular complexity index is 1350. The zero-order chi connectivity index (χ0) is 26.9. The summed E-state index contributed by atoms with van der Waals surface area (Å²) in [4.78, 5) is 27.6. The Hall–Kier alpha value is -3.80. The predicted octanol–water partition coefficient (Wildman–Crippen LogP) is 6.22. The second-order valence-corrected chi connectivity index (χ2v) is 9.88. The van der Waals surface area contributed by atoms with Crippen molar-refractivity contribution in [3.8, 4) is 0 Å². The lowest BCUT2D eigenvalue weighted by atomic mass is 9.74. The van der Waals surface area contributed by atoms with Crippen LogP contribution in [0.2, 0.25) is 0 Å². The summed E-state index contributed by atoms with van der Waals surface area (Å²) < 4.78 is 24.0. The van der Waals surface area contributed by atoms with Gasteiger partial charge in [0.05, 0.1) is 26.9 Å². The van der Waals surface area contributed by atoms with E-state index in [1.165, 1.54) is 14.2 Å². The number of fused-ring (bicyclic) bond motifs is 6. The third-order valence-corrected chi connectivity index (χ3v) is 7.93. The Kier molecular flexibility index (Phi) is 7.15. The molecule has 0 radical (unpaired) electrons. The highest BCUT2D eigenvalue weighted by atomic mass is 16.5. The average molecular weight is 515 g/mol. The summed E-state index contributed by atoms with van der Waals surface area (Å²) in [5.74, 6) is -0.110. The molecule has 2 bridgehead atoms. The molecular weight excluding hydrogens is 480 g/mol. The maximum absolute atomic E-state index is 13.9. The molecule has 2 aromatic rings. The summed E-state index contributed by atoms with van der Waals surface area (Å²) in [6.45, 7) is 2.16. The number of esters is 2. The van der Waals surface area contributed by atoms with Crippen LogP contribution in [0.3, 0.4) is 0 Å². The molecule has 0 amide bonds. The van der Waals surface area contributed by atoms with E-state index in [2.05, 4.69) is 6.92 Å². The number of rotatable bonds is 7. The van der Waals surface area contributed by atoms with Gasteiger partial charge < -0.3 is 18.9 Å². The fourth-order valence-electron chi connectivity index (χ4n) is 6.33. The summed E-state index contributed by atoms with van der Waals surface area (Å²) in [6.07, 6.45) is 4.99. The van der Waals surface area contributed by atoms with Gasteiger partial charge in [-0.3, -0.25) is 0 Å². The van der Waals surface area contributed by atoms with Crippen molar-refractivity contribution in [3.05, 3.63) is 99.3 Å². The number of benzene rings is 2. The predicted molar refractivity (Wildman–Crippen MR) is 144 cm³/mol. The van der Waals surface area contributed by atoms with Crippen LogP contribution in [0.5, 0.6) is 0 Å². The van der Waals surface area contributed by atoms with E-state index >= 15 is 0 Å². The van der Waals surface area contributed by atoms with Crippen molar-refractivity contribution in [3.63, 3.8) is 0 Å². The molecule has 1 fully saturated rings. The topological polar surface area (TPSA) is 71.1 Å². The maximum Gasteiger partial charge on any atom is 0.339 e. The van der Waals surface area contributed by atoms with Crippen molar-refractivity contribution < 1.29 is 28.5 Å². The van der Waals surface area contributed by atoms with E-state index in [9.17, 15) is 9.59 Å². The van der Waals surface area contributed by atoms with E-state index in [4.69, 9.17) is 18.9 Å². The molecule has 198 valence electrons. The lowest BCUT2D eigenvalue weighted by Gasteiger charge is -2.34. The van der Waals surface area contributed by atoms with Gasteiger partial charge in [0.25, 0.3) is 0 Å². The van der Waals surface area contributed by atoms with Crippen molar-refractivity contribution in [2.45, 2.75) is 51.0 Å². The molecule has 1 aliphatic carbocycles. The third-order valence-electron chi connectivity index (χ3n) is 7.93. The number of hydrogen-bond acceptors (Lipinski definition) is 6. The van der Waals surface area contributed by atoms with Gasteiger partial charge in [-0.05, 0) is 37.7 Å². The van der Waals surface area contributed by atoms with Crippen LogP contribution in [0.25, 0.3) is 5.76 Å². The third kappa shape index (κ3) is 3.85. The number of methoxy groups -OCH3 is 3. The molecule has 2 atom stereocenters. The van der Waals surface area contributed by atoms with E-state index < -0.39 is 17.5 Å². The van der Waals surface area contributed by atoms with Gasteiger partial charge in [0, 0.05) is 28.2 Å². The minimum absolute atomic E-state index is 0.164. The van der Waals surface area contributed by atoms with E-state index in [0.717, 1.165) is 65.7 Å². The second kappa shape index (κ2) is 10.5. The van der Waals surface area contributed by atoms with Crippen LogP contribution >= 0.6 is 0 Å². The first kappa shape index (κ1) is 25.8. The van der Waals surface area contributed by atoms with E-state index in [-0.39, 0.29) is 17.1 Å². The number of carbonyl (C=O) groups is 2.